The van der Waals surface area contributed by atoms with E-state index < -0.39 is 0 Å². The Morgan fingerprint density at radius 3 is 2.33 bits per heavy atom. The minimum Gasteiger partial charge on any atom is -0.491 e. The second-order valence-corrected chi connectivity index (χ2v) is 8.38. The number of nitrogens with one attached hydrogen (secondary N) is 1. The Labute approximate surface area is 193 Å². The molecule has 0 aliphatic carbocycles. The fraction of sp³-hybridized carbons (Fsp3) is 0.222. The predicted molar refractivity (Wildman–Crippen MR) is 128 cm³/mol. The first-order valence-corrected chi connectivity index (χ1v) is 10.9. The van der Waals surface area contributed by atoms with E-state index in [1.54, 1.807) is 18.3 Å². The standard InChI is InChI=1S/C27H27N3O3/c1-17(2)33-23-12-9-20(10-13-23)24-25(29-21-11-8-18(3)19(4)15-21)27(32)30(26(24)31)16-22-7-5-6-14-28-22/h5-15,17,29H,16H2,1-4H3. The molecule has 1 aromatic heterocycles. The van der Waals surface area contributed by atoms with Crippen LogP contribution in [0.25, 0.3) is 5.57 Å². The van der Waals surface area contributed by atoms with Crippen LogP contribution in [0.2, 0.25) is 0 Å². The van der Waals surface area contributed by atoms with Gasteiger partial charge in [-0.3, -0.25) is 19.5 Å². The second kappa shape index (κ2) is 9.28. The summed E-state index contributed by atoms with van der Waals surface area (Å²) in [5.41, 5.74) is 4.90. The first kappa shape index (κ1) is 22.3. The first-order chi connectivity index (χ1) is 15.8. The van der Waals surface area contributed by atoms with Gasteiger partial charge in [0.1, 0.15) is 11.4 Å². The molecule has 0 radical (unpaired) electrons. The molecular weight excluding hydrogens is 414 g/mol. The van der Waals surface area contributed by atoms with E-state index in [2.05, 4.69) is 10.3 Å². The van der Waals surface area contributed by atoms with Gasteiger partial charge in [-0.15, -0.1) is 0 Å². The highest BCUT2D eigenvalue weighted by molar-refractivity contribution is 6.36. The Hall–Kier alpha value is -3.93. The van der Waals surface area contributed by atoms with Crippen LogP contribution in [0.1, 0.15) is 36.2 Å². The Balaban J connectivity index is 1.72. The largest absolute Gasteiger partial charge is 0.491 e. The van der Waals surface area contributed by atoms with Crippen LogP contribution >= 0.6 is 0 Å². The van der Waals surface area contributed by atoms with Gasteiger partial charge in [0, 0.05) is 11.9 Å². The van der Waals surface area contributed by atoms with Gasteiger partial charge in [0.15, 0.2) is 0 Å². The summed E-state index contributed by atoms with van der Waals surface area (Å²) in [5, 5.41) is 3.22. The molecule has 3 aromatic rings. The average molecular weight is 442 g/mol. The highest BCUT2D eigenvalue weighted by Crippen LogP contribution is 2.32. The van der Waals surface area contributed by atoms with Gasteiger partial charge < -0.3 is 10.1 Å². The van der Waals surface area contributed by atoms with Crippen molar-refractivity contribution in [3.05, 3.63) is 94.9 Å². The van der Waals surface area contributed by atoms with E-state index >= 15 is 0 Å². The van der Waals surface area contributed by atoms with Crippen molar-refractivity contribution in [1.29, 1.82) is 0 Å². The Bertz CT molecular complexity index is 1220. The SMILES string of the molecule is Cc1ccc(NC2=C(c3ccc(OC(C)C)cc3)C(=O)N(Cc3ccccn3)C2=O)cc1C. The lowest BCUT2D eigenvalue weighted by atomic mass is 10.0. The highest BCUT2D eigenvalue weighted by atomic mass is 16.5. The van der Waals surface area contributed by atoms with Crippen LogP contribution in [0.15, 0.2) is 72.6 Å². The zero-order chi connectivity index (χ0) is 23.5. The monoisotopic (exact) mass is 441 g/mol. The molecule has 0 atom stereocenters. The molecule has 1 N–H and O–H groups in total. The molecular formula is C27H27N3O3. The lowest BCUT2D eigenvalue weighted by Crippen LogP contribution is -2.32. The van der Waals surface area contributed by atoms with Crippen LogP contribution in [-0.4, -0.2) is 27.8 Å². The maximum absolute atomic E-state index is 13.5. The van der Waals surface area contributed by atoms with Crippen molar-refractivity contribution >= 4 is 23.1 Å². The van der Waals surface area contributed by atoms with Gasteiger partial charge in [-0.05, 0) is 80.8 Å². The summed E-state index contributed by atoms with van der Waals surface area (Å²) in [6.07, 6.45) is 1.69. The summed E-state index contributed by atoms with van der Waals surface area (Å²) in [7, 11) is 0. The number of rotatable bonds is 7. The number of aryl methyl sites for hydroxylation is 2. The van der Waals surface area contributed by atoms with E-state index in [1.165, 1.54) is 4.90 Å². The molecule has 6 heteroatoms. The highest BCUT2D eigenvalue weighted by Gasteiger charge is 2.39. The lowest BCUT2D eigenvalue weighted by Gasteiger charge is -2.15. The molecule has 2 aromatic carbocycles. The Kier molecular flexibility index (Phi) is 6.27. The van der Waals surface area contributed by atoms with Gasteiger partial charge in [0.05, 0.1) is 23.9 Å². The van der Waals surface area contributed by atoms with E-state index in [0.29, 0.717) is 22.6 Å². The molecule has 0 unspecified atom stereocenters. The number of hydrogen-bond donors (Lipinski definition) is 1. The second-order valence-electron chi connectivity index (χ2n) is 8.38. The van der Waals surface area contributed by atoms with Crippen molar-refractivity contribution in [2.24, 2.45) is 0 Å². The summed E-state index contributed by atoms with van der Waals surface area (Å²) in [5.74, 6) is -0.0176. The van der Waals surface area contributed by atoms with E-state index in [4.69, 9.17) is 4.74 Å². The smallest absolute Gasteiger partial charge is 0.278 e. The van der Waals surface area contributed by atoms with Gasteiger partial charge in [0.25, 0.3) is 11.8 Å². The minimum absolute atomic E-state index is 0.0422. The number of carbonyl (C=O) groups is 2. The fourth-order valence-corrected chi connectivity index (χ4v) is 3.69. The van der Waals surface area contributed by atoms with Crippen molar-refractivity contribution in [1.82, 2.24) is 9.88 Å². The zero-order valence-corrected chi connectivity index (χ0v) is 19.3. The summed E-state index contributed by atoms with van der Waals surface area (Å²) >= 11 is 0. The van der Waals surface area contributed by atoms with Crippen LogP contribution in [0.5, 0.6) is 5.75 Å². The Morgan fingerprint density at radius 2 is 1.70 bits per heavy atom. The van der Waals surface area contributed by atoms with Crippen molar-refractivity contribution in [2.75, 3.05) is 5.32 Å². The lowest BCUT2D eigenvalue weighted by molar-refractivity contribution is -0.137. The van der Waals surface area contributed by atoms with Crippen molar-refractivity contribution in [2.45, 2.75) is 40.3 Å². The van der Waals surface area contributed by atoms with Gasteiger partial charge in [-0.1, -0.05) is 24.3 Å². The van der Waals surface area contributed by atoms with Crippen molar-refractivity contribution in [3.8, 4) is 5.75 Å². The normalized spacial score (nSPS) is 13.8. The molecule has 2 amide bonds. The maximum Gasteiger partial charge on any atom is 0.278 e. The molecule has 168 valence electrons. The molecule has 0 saturated carbocycles. The van der Waals surface area contributed by atoms with Crippen molar-refractivity contribution in [3.63, 3.8) is 0 Å². The van der Waals surface area contributed by atoms with Crippen LogP contribution in [0.3, 0.4) is 0 Å². The molecule has 1 aliphatic rings. The van der Waals surface area contributed by atoms with Crippen LogP contribution in [0, 0.1) is 13.8 Å². The maximum atomic E-state index is 13.5. The summed E-state index contributed by atoms with van der Waals surface area (Å²) in [6.45, 7) is 8.06. The number of anilines is 1. The number of ether oxygens (including phenoxy) is 1. The summed E-state index contributed by atoms with van der Waals surface area (Å²) in [4.78, 5) is 32.4. The summed E-state index contributed by atoms with van der Waals surface area (Å²) < 4.78 is 5.72. The number of amides is 2. The number of benzene rings is 2. The van der Waals surface area contributed by atoms with E-state index in [0.717, 1.165) is 16.8 Å². The predicted octanol–water partition coefficient (Wildman–Crippen LogP) is 4.88. The fourth-order valence-electron chi connectivity index (χ4n) is 3.69. The van der Waals surface area contributed by atoms with E-state index in [9.17, 15) is 9.59 Å². The minimum atomic E-state index is -0.374. The number of pyridine rings is 1. The molecule has 0 bridgehead atoms. The number of imide groups is 1. The van der Waals surface area contributed by atoms with Crippen LogP contribution in [0.4, 0.5) is 5.69 Å². The molecule has 0 fully saturated rings. The molecule has 1 aliphatic heterocycles. The molecule has 33 heavy (non-hydrogen) atoms. The molecule has 4 rings (SSSR count). The molecule has 6 nitrogen and oxygen atoms in total. The molecule has 0 spiro atoms. The zero-order valence-electron chi connectivity index (χ0n) is 19.3. The third-order valence-electron chi connectivity index (χ3n) is 5.51. The average Bonchev–Trinajstić information content (AvgIpc) is 3.01. The topological polar surface area (TPSA) is 71.5 Å². The van der Waals surface area contributed by atoms with E-state index in [1.807, 2.05) is 76.2 Å². The number of carbonyl (C=O) groups excluding carboxylic acids is 2. The molecule has 2 heterocycles. The van der Waals surface area contributed by atoms with Gasteiger partial charge in [-0.25, -0.2) is 0 Å². The Morgan fingerprint density at radius 1 is 0.939 bits per heavy atom. The van der Waals surface area contributed by atoms with E-state index in [-0.39, 0.29) is 30.2 Å². The third-order valence-corrected chi connectivity index (χ3v) is 5.51. The van der Waals surface area contributed by atoms with Crippen molar-refractivity contribution < 1.29 is 14.3 Å². The van der Waals surface area contributed by atoms with Gasteiger partial charge >= 0.3 is 0 Å². The number of nitrogens with zero attached hydrogens (tertiary/aromatic N) is 2. The van der Waals surface area contributed by atoms with Gasteiger partial charge in [-0.2, -0.15) is 0 Å². The van der Waals surface area contributed by atoms with Crippen LogP contribution < -0.4 is 10.1 Å². The quantitative estimate of drug-likeness (QED) is 0.529. The first-order valence-electron chi connectivity index (χ1n) is 10.9. The number of hydrogen-bond acceptors (Lipinski definition) is 5. The number of aromatic nitrogens is 1. The van der Waals surface area contributed by atoms with Gasteiger partial charge in [0.2, 0.25) is 0 Å². The summed E-state index contributed by atoms with van der Waals surface area (Å²) in [6, 6.07) is 18.6. The third kappa shape index (κ3) is 4.80. The van der Waals surface area contributed by atoms with Crippen LogP contribution in [-0.2, 0) is 16.1 Å². The molecule has 0 saturated heterocycles.